The molecule has 7 nitrogen and oxygen atoms in total. The molecule has 2 saturated heterocycles. The SMILES string of the molecule is CS(=O)(=O)N(CCC1CCS(=O)(=O)C1)c1cccc(N2CCCC2=O)c1. The van der Waals surface area contributed by atoms with Crippen molar-refractivity contribution in [1.29, 1.82) is 0 Å². The Hall–Kier alpha value is -1.61. The molecule has 0 N–H and O–H groups in total. The summed E-state index contributed by atoms with van der Waals surface area (Å²) in [6, 6.07) is 6.97. The van der Waals surface area contributed by atoms with Crippen molar-refractivity contribution >= 4 is 37.1 Å². The second kappa shape index (κ2) is 7.19. The zero-order valence-corrected chi connectivity index (χ0v) is 16.4. The summed E-state index contributed by atoms with van der Waals surface area (Å²) in [4.78, 5) is 13.6. The molecule has 144 valence electrons. The van der Waals surface area contributed by atoms with E-state index in [1.165, 1.54) is 4.31 Å². The third-order valence-electron chi connectivity index (χ3n) is 4.97. The number of amides is 1. The van der Waals surface area contributed by atoms with Crippen LogP contribution >= 0.6 is 0 Å². The number of sulfone groups is 1. The predicted octanol–water partition coefficient (Wildman–Crippen LogP) is 1.40. The number of carbonyl (C=O) groups excluding carboxylic acids is 1. The lowest BCUT2D eigenvalue weighted by Gasteiger charge is -2.25. The molecule has 1 atom stereocenters. The van der Waals surface area contributed by atoms with Crippen LogP contribution in [0.4, 0.5) is 11.4 Å². The average molecular weight is 401 g/mol. The molecular formula is C17H24N2O5S2. The summed E-state index contributed by atoms with van der Waals surface area (Å²) in [6.07, 6.45) is 3.54. The molecule has 2 fully saturated rings. The number of nitrogens with zero attached hydrogens (tertiary/aromatic N) is 2. The Labute approximate surface area is 155 Å². The Morgan fingerprint density at radius 2 is 2.08 bits per heavy atom. The summed E-state index contributed by atoms with van der Waals surface area (Å²) in [7, 11) is -6.49. The van der Waals surface area contributed by atoms with Crippen molar-refractivity contribution in [2.45, 2.75) is 25.7 Å². The third kappa shape index (κ3) is 4.37. The van der Waals surface area contributed by atoms with Gasteiger partial charge in [0.05, 0.1) is 23.4 Å². The van der Waals surface area contributed by atoms with E-state index >= 15 is 0 Å². The van der Waals surface area contributed by atoms with Crippen molar-refractivity contribution in [1.82, 2.24) is 0 Å². The summed E-state index contributed by atoms with van der Waals surface area (Å²) >= 11 is 0. The lowest BCUT2D eigenvalue weighted by Crippen LogP contribution is -2.32. The van der Waals surface area contributed by atoms with Gasteiger partial charge in [0.2, 0.25) is 15.9 Å². The van der Waals surface area contributed by atoms with E-state index in [-0.39, 0.29) is 29.9 Å². The number of hydrogen-bond acceptors (Lipinski definition) is 5. The second-order valence-corrected chi connectivity index (χ2v) is 11.2. The molecule has 0 aromatic heterocycles. The van der Waals surface area contributed by atoms with Gasteiger partial charge in [-0.2, -0.15) is 0 Å². The fourth-order valence-corrected chi connectivity index (χ4v) is 6.47. The molecule has 1 aromatic carbocycles. The van der Waals surface area contributed by atoms with Gasteiger partial charge in [0, 0.05) is 25.2 Å². The fourth-order valence-electron chi connectivity index (χ4n) is 3.62. The molecule has 2 aliphatic heterocycles. The first-order valence-corrected chi connectivity index (χ1v) is 12.4. The van der Waals surface area contributed by atoms with E-state index in [0.717, 1.165) is 12.7 Å². The predicted molar refractivity (Wildman–Crippen MR) is 102 cm³/mol. The minimum atomic E-state index is -3.51. The smallest absolute Gasteiger partial charge is 0.232 e. The molecule has 2 aliphatic rings. The van der Waals surface area contributed by atoms with Gasteiger partial charge < -0.3 is 4.90 Å². The van der Waals surface area contributed by atoms with Crippen LogP contribution in [-0.2, 0) is 24.7 Å². The monoisotopic (exact) mass is 400 g/mol. The Morgan fingerprint density at radius 3 is 2.65 bits per heavy atom. The van der Waals surface area contributed by atoms with E-state index in [4.69, 9.17) is 0 Å². The summed E-state index contributed by atoms with van der Waals surface area (Å²) < 4.78 is 49.1. The van der Waals surface area contributed by atoms with Gasteiger partial charge in [-0.05, 0) is 43.4 Å². The maximum atomic E-state index is 12.3. The number of hydrogen-bond donors (Lipinski definition) is 0. The molecule has 3 rings (SSSR count). The molecule has 1 aromatic rings. The molecule has 0 spiro atoms. The van der Waals surface area contributed by atoms with Crippen LogP contribution in [0.25, 0.3) is 0 Å². The van der Waals surface area contributed by atoms with E-state index in [2.05, 4.69) is 0 Å². The Morgan fingerprint density at radius 1 is 1.31 bits per heavy atom. The Kier molecular flexibility index (Phi) is 5.30. The van der Waals surface area contributed by atoms with E-state index < -0.39 is 19.9 Å². The molecule has 1 unspecified atom stereocenters. The molecule has 26 heavy (non-hydrogen) atoms. The van der Waals surface area contributed by atoms with Crippen LogP contribution in [-0.4, -0.2) is 53.6 Å². The lowest BCUT2D eigenvalue weighted by atomic mass is 10.1. The topological polar surface area (TPSA) is 91.8 Å². The van der Waals surface area contributed by atoms with Crippen molar-refractivity contribution in [3.8, 4) is 0 Å². The molecule has 0 aliphatic carbocycles. The van der Waals surface area contributed by atoms with Crippen LogP contribution in [0.2, 0.25) is 0 Å². The van der Waals surface area contributed by atoms with Gasteiger partial charge in [0.15, 0.2) is 9.84 Å². The quantitative estimate of drug-likeness (QED) is 0.720. The second-order valence-electron chi connectivity index (χ2n) is 7.06. The van der Waals surface area contributed by atoms with Gasteiger partial charge in [0.25, 0.3) is 0 Å². The van der Waals surface area contributed by atoms with Gasteiger partial charge in [-0.1, -0.05) is 6.07 Å². The Balaban J connectivity index is 1.79. The van der Waals surface area contributed by atoms with Gasteiger partial charge >= 0.3 is 0 Å². The van der Waals surface area contributed by atoms with Gasteiger partial charge in [-0.15, -0.1) is 0 Å². The molecule has 0 saturated carbocycles. The van der Waals surface area contributed by atoms with Crippen molar-refractivity contribution in [2.75, 3.05) is 40.1 Å². The number of anilines is 2. The van der Waals surface area contributed by atoms with E-state index in [0.29, 0.717) is 37.2 Å². The van der Waals surface area contributed by atoms with Crippen LogP contribution in [0, 0.1) is 5.92 Å². The van der Waals surface area contributed by atoms with Crippen molar-refractivity contribution < 1.29 is 21.6 Å². The minimum absolute atomic E-state index is 0.00686. The van der Waals surface area contributed by atoms with Gasteiger partial charge in [-0.25, -0.2) is 16.8 Å². The number of carbonyl (C=O) groups is 1. The van der Waals surface area contributed by atoms with Crippen molar-refractivity contribution in [3.05, 3.63) is 24.3 Å². The molecule has 1 amide bonds. The summed E-state index contributed by atoms with van der Waals surface area (Å²) in [5.74, 6) is 0.354. The first-order chi connectivity index (χ1) is 12.2. The minimum Gasteiger partial charge on any atom is -0.312 e. The fraction of sp³-hybridized carbons (Fsp3) is 0.588. The van der Waals surface area contributed by atoms with Crippen LogP contribution in [0.1, 0.15) is 25.7 Å². The third-order valence-corrected chi connectivity index (χ3v) is 8.00. The standard InChI is InChI=1S/C17H24N2O5S2/c1-25(21,22)19(10-7-14-8-11-26(23,24)13-14)16-5-2-4-15(12-16)18-9-3-6-17(18)20/h2,4-5,12,14H,3,6-11,13H2,1H3. The number of rotatable bonds is 6. The highest BCUT2D eigenvalue weighted by Gasteiger charge is 2.29. The zero-order valence-electron chi connectivity index (χ0n) is 14.8. The van der Waals surface area contributed by atoms with Crippen LogP contribution in [0.3, 0.4) is 0 Å². The molecule has 0 radical (unpaired) electrons. The van der Waals surface area contributed by atoms with Crippen molar-refractivity contribution in [3.63, 3.8) is 0 Å². The molecule has 9 heteroatoms. The van der Waals surface area contributed by atoms with E-state index in [1.54, 1.807) is 29.2 Å². The maximum absolute atomic E-state index is 12.3. The highest BCUT2D eigenvalue weighted by molar-refractivity contribution is 7.92. The number of benzene rings is 1. The number of sulfonamides is 1. The summed E-state index contributed by atoms with van der Waals surface area (Å²) in [5.41, 5.74) is 1.20. The van der Waals surface area contributed by atoms with Crippen LogP contribution in [0.5, 0.6) is 0 Å². The first-order valence-electron chi connectivity index (χ1n) is 8.74. The van der Waals surface area contributed by atoms with E-state index in [1.807, 2.05) is 0 Å². The average Bonchev–Trinajstić information content (AvgIpc) is 3.12. The maximum Gasteiger partial charge on any atom is 0.232 e. The molecule has 2 heterocycles. The molecule has 0 bridgehead atoms. The largest absolute Gasteiger partial charge is 0.312 e. The first kappa shape index (κ1) is 19.2. The Bertz CT molecular complexity index is 895. The van der Waals surface area contributed by atoms with Gasteiger partial charge in [-0.3, -0.25) is 9.10 Å². The van der Waals surface area contributed by atoms with Gasteiger partial charge in [0.1, 0.15) is 0 Å². The highest BCUT2D eigenvalue weighted by Crippen LogP contribution is 2.29. The molecular weight excluding hydrogens is 376 g/mol. The van der Waals surface area contributed by atoms with Crippen LogP contribution < -0.4 is 9.21 Å². The van der Waals surface area contributed by atoms with Crippen LogP contribution in [0.15, 0.2) is 24.3 Å². The zero-order chi connectivity index (χ0) is 18.9. The van der Waals surface area contributed by atoms with Crippen molar-refractivity contribution in [2.24, 2.45) is 5.92 Å². The summed E-state index contributed by atoms with van der Waals surface area (Å²) in [6.45, 7) is 0.873. The normalized spacial score (nSPS) is 22.7. The highest BCUT2D eigenvalue weighted by atomic mass is 32.2. The lowest BCUT2D eigenvalue weighted by molar-refractivity contribution is -0.117. The van der Waals surface area contributed by atoms with E-state index in [9.17, 15) is 21.6 Å². The summed E-state index contributed by atoms with van der Waals surface area (Å²) in [5, 5.41) is 0.